The van der Waals surface area contributed by atoms with Gasteiger partial charge in [0.15, 0.2) is 5.69 Å². The second kappa shape index (κ2) is 7.01. The third-order valence-corrected chi connectivity index (χ3v) is 3.63. The van der Waals surface area contributed by atoms with E-state index in [1.165, 1.54) is 13.3 Å². The molecule has 0 saturated carbocycles. The van der Waals surface area contributed by atoms with E-state index in [4.69, 9.17) is 5.11 Å². The summed E-state index contributed by atoms with van der Waals surface area (Å²) in [5, 5.41) is 8.84. The van der Waals surface area contributed by atoms with E-state index >= 15 is 0 Å². The Morgan fingerprint density at radius 3 is 2.95 bits per heavy atom. The van der Waals surface area contributed by atoms with E-state index in [0.717, 1.165) is 25.8 Å². The summed E-state index contributed by atoms with van der Waals surface area (Å²) in [5.41, 5.74) is 0.164. The minimum absolute atomic E-state index is 0.122. The van der Waals surface area contributed by atoms with Crippen molar-refractivity contribution in [3.8, 4) is 0 Å². The highest BCUT2D eigenvalue weighted by molar-refractivity contribution is 5.87. The average molecular weight is 293 g/mol. The van der Waals surface area contributed by atoms with Crippen molar-refractivity contribution < 1.29 is 19.4 Å². The van der Waals surface area contributed by atoms with E-state index in [1.807, 2.05) is 4.90 Å². The van der Waals surface area contributed by atoms with Crippen molar-refractivity contribution in [1.82, 2.24) is 9.97 Å². The summed E-state index contributed by atoms with van der Waals surface area (Å²) in [6.07, 6.45) is 6.69. The molecule has 1 aromatic heterocycles. The SMILES string of the molecule is COC(=O)c1cncc(N2CCCCC2CCC(=O)O)n1. The minimum Gasteiger partial charge on any atom is -0.481 e. The second-order valence-corrected chi connectivity index (χ2v) is 5.03. The van der Waals surface area contributed by atoms with E-state index in [9.17, 15) is 9.59 Å². The molecule has 1 saturated heterocycles. The van der Waals surface area contributed by atoms with Gasteiger partial charge >= 0.3 is 11.9 Å². The number of aromatic nitrogens is 2. The van der Waals surface area contributed by atoms with Crippen molar-refractivity contribution in [3.05, 3.63) is 18.1 Å². The number of methoxy groups -OCH3 is 1. The first-order valence-corrected chi connectivity index (χ1v) is 7.00. The molecule has 1 aliphatic heterocycles. The summed E-state index contributed by atoms with van der Waals surface area (Å²) < 4.78 is 4.65. The van der Waals surface area contributed by atoms with E-state index in [1.54, 1.807) is 6.20 Å². The average Bonchev–Trinajstić information content (AvgIpc) is 2.52. The predicted octanol–water partition coefficient (Wildman–Crippen LogP) is 1.49. The van der Waals surface area contributed by atoms with Gasteiger partial charge in [0.1, 0.15) is 5.82 Å². The monoisotopic (exact) mass is 293 g/mol. The lowest BCUT2D eigenvalue weighted by Gasteiger charge is -2.36. The number of anilines is 1. The minimum atomic E-state index is -0.796. The Labute approximate surface area is 123 Å². The van der Waals surface area contributed by atoms with Gasteiger partial charge in [0.2, 0.25) is 0 Å². The number of ether oxygens (including phenoxy) is 1. The van der Waals surface area contributed by atoms with Gasteiger partial charge in [0.05, 0.1) is 19.5 Å². The fourth-order valence-corrected chi connectivity index (χ4v) is 2.59. The van der Waals surface area contributed by atoms with E-state index in [0.29, 0.717) is 12.2 Å². The summed E-state index contributed by atoms with van der Waals surface area (Å²) >= 11 is 0. The molecule has 114 valence electrons. The van der Waals surface area contributed by atoms with Crippen LogP contribution in [0.3, 0.4) is 0 Å². The van der Waals surface area contributed by atoms with Crippen LogP contribution in [0.2, 0.25) is 0 Å². The van der Waals surface area contributed by atoms with Crippen LogP contribution in [0, 0.1) is 0 Å². The van der Waals surface area contributed by atoms with Crippen LogP contribution in [-0.2, 0) is 9.53 Å². The van der Waals surface area contributed by atoms with Gasteiger partial charge in [-0.05, 0) is 25.7 Å². The first-order chi connectivity index (χ1) is 10.1. The van der Waals surface area contributed by atoms with Gasteiger partial charge in [-0.3, -0.25) is 9.78 Å². The summed E-state index contributed by atoms with van der Waals surface area (Å²) in [6, 6.07) is 0.122. The van der Waals surface area contributed by atoms with Gasteiger partial charge in [-0.1, -0.05) is 0 Å². The van der Waals surface area contributed by atoms with E-state index < -0.39 is 11.9 Å². The standard InChI is InChI=1S/C14H19N3O4/c1-21-14(20)11-8-15-9-12(16-11)17-7-3-2-4-10(17)5-6-13(18)19/h8-10H,2-7H2,1H3,(H,18,19). The number of rotatable bonds is 5. The van der Waals surface area contributed by atoms with E-state index in [-0.39, 0.29) is 18.2 Å². The third-order valence-electron chi connectivity index (χ3n) is 3.63. The zero-order valence-electron chi connectivity index (χ0n) is 12.0. The number of aliphatic carboxylic acids is 1. The Balaban J connectivity index is 2.16. The molecule has 2 rings (SSSR count). The highest BCUT2D eigenvalue weighted by Gasteiger charge is 2.25. The predicted molar refractivity (Wildman–Crippen MR) is 75.2 cm³/mol. The number of esters is 1. The molecule has 0 radical (unpaired) electrons. The molecule has 7 heteroatoms. The lowest BCUT2D eigenvalue weighted by Crippen LogP contribution is -2.40. The number of carbonyl (C=O) groups excluding carboxylic acids is 1. The molecule has 0 aromatic carbocycles. The number of hydrogen-bond acceptors (Lipinski definition) is 6. The molecule has 1 unspecified atom stereocenters. The first-order valence-electron chi connectivity index (χ1n) is 7.00. The van der Waals surface area contributed by atoms with Crippen molar-refractivity contribution in [2.75, 3.05) is 18.6 Å². The van der Waals surface area contributed by atoms with Crippen molar-refractivity contribution in [2.24, 2.45) is 0 Å². The van der Waals surface area contributed by atoms with Gasteiger partial charge in [-0.25, -0.2) is 9.78 Å². The smallest absolute Gasteiger partial charge is 0.358 e. The van der Waals surface area contributed by atoms with Crippen molar-refractivity contribution in [2.45, 2.75) is 38.1 Å². The first kappa shape index (κ1) is 15.2. The third kappa shape index (κ3) is 3.90. The zero-order valence-corrected chi connectivity index (χ0v) is 12.0. The van der Waals surface area contributed by atoms with Crippen molar-refractivity contribution in [1.29, 1.82) is 0 Å². The van der Waals surface area contributed by atoms with Crippen molar-refractivity contribution in [3.63, 3.8) is 0 Å². The van der Waals surface area contributed by atoms with Crippen LogP contribution in [0.15, 0.2) is 12.4 Å². The van der Waals surface area contributed by atoms with Crippen LogP contribution in [0.1, 0.15) is 42.6 Å². The second-order valence-electron chi connectivity index (χ2n) is 5.03. The fraction of sp³-hybridized carbons (Fsp3) is 0.571. The molecule has 2 heterocycles. The molecule has 21 heavy (non-hydrogen) atoms. The molecule has 1 aliphatic rings. The molecule has 1 atom stereocenters. The largest absolute Gasteiger partial charge is 0.481 e. The summed E-state index contributed by atoms with van der Waals surface area (Å²) in [4.78, 5) is 32.7. The quantitative estimate of drug-likeness (QED) is 0.822. The van der Waals surface area contributed by atoms with Gasteiger partial charge in [-0.2, -0.15) is 0 Å². The molecule has 1 fully saturated rings. The summed E-state index contributed by atoms with van der Waals surface area (Å²) in [6.45, 7) is 0.795. The fourth-order valence-electron chi connectivity index (χ4n) is 2.59. The van der Waals surface area contributed by atoms with E-state index in [2.05, 4.69) is 14.7 Å². The van der Waals surface area contributed by atoms with Crippen LogP contribution in [0.25, 0.3) is 0 Å². The number of nitrogens with zero attached hydrogens (tertiary/aromatic N) is 3. The number of piperidine rings is 1. The molecule has 7 nitrogen and oxygen atoms in total. The summed E-state index contributed by atoms with van der Waals surface area (Å²) in [5.74, 6) is -0.716. The Hall–Kier alpha value is -2.18. The number of carboxylic acid groups (broad SMARTS) is 1. The van der Waals surface area contributed by atoms with Crippen LogP contribution >= 0.6 is 0 Å². The highest BCUT2D eigenvalue weighted by atomic mass is 16.5. The molecule has 0 bridgehead atoms. The van der Waals surface area contributed by atoms with Gasteiger partial charge in [0, 0.05) is 19.0 Å². The maximum atomic E-state index is 11.5. The van der Waals surface area contributed by atoms with Crippen molar-refractivity contribution >= 4 is 17.8 Å². The molecule has 0 spiro atoms. The normalized spacial score (nSPS) is 18.3. The molecule has 1 aromatic rings. The topological polar surface area (TPSA) is 92.6 Å². The lowest BCUT2D eigenvalue weighted by atomic mass is 9.98. The molecular formula is C14H19N3O4. The van der Waals surface area contributed by atoms with Gasteiger partial charge in [0.25, 0.3) is 0 Å². The highest BCUT2D eigenvalue weighted by Crippen LogP contribution is 2.25. The number of carbonyl (C=O) groups is 2. The van der Waals surface area contributed by atoms with Gasteiger partial charge in [-0.15, -0.1) is 0 Å². The Bertz CT molecular complexity index is 521. The van der Waals surface area contributed by atoms with Crippen LogP contribution < -0.4 is 4.90 Å². The van der Waals surface area contributed by atoms with Gasteiger partial charge < -0.3 is 14.7 Å². The number of hydrogen-bond donors (Lipinski definition) is 1. The zero-order chi connectivity index (χ0) is 15.2. The Kier molecular flexibility index (Phi) is 5.08. The van der Waals surface area contributed by atoms with Crippen LogP contribution in [0.5, 0.6) is 0 Å². The Morgan fingerprint density at radius 2 is 2.24 bits per heavy atom. The molecular weight excluding hydrogens is 274 g/mol. The molecule has 0 aliphatic carbocycles. The molecule has 0 amide bonds. The lowest BCUT2D eigenvalue weighted by molar-refractivity contribution is -0.137. The maximum absolute atomic E-state index is 11.5. The number of carboxylic acids is 1. The Morgan fingerprint density at radius 1 is 1.43 bits per heavy atom. The maximum Gasteiger partial charge on any atom is 0.358 e. The summed E-state index contributed by atoms with van der Waals surface area (Å²) in [7, 11) is 1.30. The molecule has 1 N–H and O–H groups in total. The van der Waals surface area contributed by atoms with Crippen LogP contribution in [-0.4, -0.2) is 46.7 Å². The van der Waals surface area contributed by atoms with Crippen LogP contribution in [0.4, 0.5) is 5.82 Å².